The van der Waals surface area contributed by atoms with Gasteiger partial charge in [-0.2, -0.15) is 0 Å². The molecule has 70 heavy (non-hydrogen) atoms. The van der Waals surface area contributed by atoms with E-state index in [1.165, 1.54) is 76.4 Å². The minimum Gasteiger partial charge on any atom is -0.309 e. The molecule has 0 saturated heterocycles. The average Bonchev–Trinajstić information content (AvgIpc) is 3.82. The summed E-state index contributed by atoms with van der Waals surface area (Å²) in [5, 5.41) is 7.22. The van der Waals surface area contributed by atoms with E-state index in [0.29, 0.717) is 0 Å². The van der Waals surface area contributed by atoms with Crippen molar-refractivity contribution < 1.29 is 6.85 Å². The lowest BCUT2D eigenvalue weighted by atomic mass is 9.60. The van der Waals surface area contributed by atoms with E-state index in [1.54, 1.807) is 0 Å². The van der Waals surface area contributed by atoms with Crippen molar-refractivity contribution in [2.45, 2.75) is 11.8 Å². The highest BCUT2D eigenvalue weighted by molar-refractivity contribution is 7.20. The monoisotopic (exact) mass is 910 g/mol. The third-order valence-electron chi connectivity index (χ3n) is 15.2. The van der Waals surface area contributed by atoms with E-state index < -0.39 is 14.1 Å². The maximum absolute atomic E-state index is 9.05. The smallest absolute Gasteiger partial charge is 0.179 e. The predicted octanol–water partition coefficient (Wildman–Crippen LogP) is 14.1. The maximum Gasteiger partial charge on any atom is 0.179 e. The summed E-state index contributed by atoms with van der Waals surface area (Å²) >= 11 is 0. The van der Waals surface area contributed by atoms with Crippen LogP contribution < -0.4 is 20.7 Å². The molecule has 1 heterocycles. The van der Waals surface area contributed by atoms with Crippen LogP contribution in [-0.2, 0) is 0 Å². The zero-order chi connectivity index (χ0) is 50.5. The lowest BCUT2D eigenvalue weighted by Crippen LogP contribution is -2.75. The first-order valence-electron chi connectivity index (χ1n) is 26.7. The van der Waals surface area contributed by atoms with Gasteiger partial charge in [0.1, 0.15) is 0 Å². The molecule has 2 heteroatoms. The Bertz CT molecular complexity index is 4150. The molecule has 0 N–H and O–H groups in total. The van der Waals surface area contributed by atoms with Crippen molar-refractivity contribution in [1.82, 2.24) is 4.57 Å². The number of hydrogen-bond donors (Lipinski definition) is 0. The molecule has 3 aliphatic rings. The van der Waals surface area contributed by atoms with Gasteiger partial charge >= 0.3 is 0 Å². The van der Waals surface area contributed by atoms with Crippen LogP contribution in [0.2, 0.25) is 0 Å². The van der Waals surface area contributed by atoms with Crippen LogP contribution in [0.5, 0.6) is 0 Å². The highest BCUT2D eigenvalue weighted by Gasteiger charge is 2.50. The zero-order valence-electron chi connectivity index (χ0n) is 43.2. The van der Waals surface area contributed by atoms with E-state index >= 15 is 0 Å². The first-order chi connectivity index (χ1) is 36.8. The number of para-hydroxylation sites is 2. The van der Waals surface area contributed by atoms with Gasteiger partial charge in [-0.15, -0.1) is 0 Å². The van der Waals surface area contributed by atoms with Crippen LogP contribution in [0.4, 0.5) is 0 Å². The standard InChI is InChI=1S/C68H47NSi/c1-5-21-46(22-6-1)48-25-17-31-53(43-48)70(52-29-11-4-12-30-52,54-32-18-26-49(44-54)47-23-7-2-8-24-47)64-40-20-38-60-65-57-34-13-14-35-58(57)68(67(60)64)66-55(36-19-37-59(65)66)50-41-42-63-61(45-50)56-33-15-16-39-62(56)69(63)51-27-9-3-10-28-51/h1-45,65,68H/i3D,9D,10D,27D,28D. The number of hydrogen-bond acceptors (Lipinski definition) is 0. The molecule has 0 spiro atoms. The van der Waals surface area contributed by atoms with Crippen molar-refractivity contribution in [3.05, 3.63) is 306 Å². The molecular weight excluding hydrogens is 859 g/mol. The highest BCUT2D eigenvalue weighted by Crippen LogP contribution is 2.57. The second-order valence-corrected chi connectivity index (χ2v) is 22.5. The van der Waals surface area contributed by atoms with Gasteiger partial charge in [-0.05, 0) is 118 Å². The summed E-state index contributed by atoms with van der Waals surface area (Å²) in [6.07, 6.45) is 0. The maximum atomic E-state index is 9.05. The van der Waals surface area contributed by atoms with Crippen LogP contribution in [0.3, 0.4) is 0 Å². The van der Waals surface area contributed by atoms with Crippen LogP contribution in [0.1, 0.15) is 52.1 Å². The quantitative estimate of drug-likeness (QED) is 0.106. The summed E-state index contributed by atoms with van der Waals surface area (Å²) in [6.45, 7) is 0. The topological polar surface area (TPSA) is 4.93 Å². The Morgan fingerprint density at radius 1 is 0.343 bits per heavy atom. The summed E-state index contributed by atoms with van der Waals surface area (Å²) in [5.74, 6) is -0.128. The van der Waals surface area contributed by atoms with Gasteiger partial charge in [0.05, 0.1) is 17.9 Å². The Morgan fingerprint density at radius 3 is 1.54 bits per heavy atom. The van der Waals surface area contributed by atoms with E-state index in [1.807, 2.05) is 22.8 Å². The fourth-order valence-electron chi connectivity index (χ4n) is 12.4. The van der Waals surface area contributed by atoms with Crippen LogP contribution in [0.25, 0.3) is 60.9 Å². The lowest BCUT2D eigenvalue weighted by Gasteiger charge is -2.47. The Balaban J connectivity index is 1.05. The molecule has 2 atom stereocenters. The van der Waals surface area contributed by atoms with Crippen molar-refractivity contribution in [2.24, 2.45) is 0 Å². The molecular formula is C68H47NSi. The number of aromatic nitrogens is 1. The Morgan fingerprint density at radius 2 is 0.857 bits per heavy atom. The van der Waals surface area contributed by atoms with Crippen molar-refractivity contribution in [3.8, 4) is 39.1 Å². The van der Waals surface area contributed by atoms with Gasteiger partial charge in [0.25, 0.3) is 0 Å². The molecule has 2 unspecified atom stereocenters. The number of benzene rings is 11. The SMILES string of the molecule is [2H]c1c([2H])c([2H])c(-n2c3ccccc3c3cc(-c4cccc5c4C4c6ccccc6C5c5cccc([Si](c6ccccc6)(c6cccc(-c7ccccc7)c6)c6cccc(-c7ccccc7)c6)c54)ccc32)c([2H])c1[2H]. The van der Waals surface area contributed by atoms with Gasteiger partial charge in [-0.3, -0.25) is 0 Å². The number of fused-ring (bicyclic) bond motifs is 3. The minimum absolute atomic E-state index is 0.0142. The summed E-state index contributed by atoms with van der Waals surface area (Å²) < 4.78 is 45.5. The number of nitrogens with zero attached hydrogens (tertiary/aromatic N) is 1. The van der Waals surface area contributed by atoms with E-state index in [9.17, 15) is 0 Å². The van der Waals surface area contributed by atoms with Crippen LogP contribution in [0.15, 0.2) is 273 Å². The van der Waals surface area contributed by atoms with Gasteiger partial charge in [0.2, 0.25) is 0 Å². The van der Waals surface area contributed by atoms with Crippen LogP contribution in [0, 0.1) is 0 Å². The molecule has 2 bridgehead atoms. The molecule has 1 aromatic heterocycles. The molecule has 0 amide bonds. The molecule has 12 aromatic rings. The zero-order valence-corrected chi connectivity index (χ0v) is 39.2. The molecule has 0 aliphatic heterocycles. The fourth-order valence-corrected chi connectivity index (χ4v) is 17.5. The van der Waals surface area contributed by atoms with Crippen LogP contribution in [-0.4, -0.2) is 12.6 Å². The summed E-state index contributed by atoms with van der Waals surface area (Å²) in [4.78, 5) is 0. The fraction of sp³-hybridized carbons (Fsp3) is 0.0294. The summed E-state index contributed by atoms with van der Waals surface area (Å²) in [5.41, 5.74) is 16.7. The van der Waals surface area contributed by atoms with Gasteiger partial charge in [-0.1, -0.05) is 243 Å². The first-order valence-corrected chi connectivity index (χ1v) is 26.2. The van der Waals surface area contributed by atoms with Crippen molar-refractivity contribution in [1.29, 1.82) is 0 Å². The van der Waals surface area contributed by atoms with Gasteiger partial charge in [0.15, 0.2) is 8.07 Å². The third kappa shape index (κ3) is 6.10. The summed E-state index contributed by atoms with van der Waals surface area (Å²) in [6, 6.07) is 87.7. The lowest BCUT2D eigenvalue weighted by molar-refractivity contribution is 0.760. The second kappa shape index (κ2) is 16.3. The predicted molar refractivity (Wildman–Crippen MR) is 295 cm³/mol. The van der Waals surface area contributed by atoms with Crippen molar-refractivity contribution in [3.63, 3.8) is 0 Å². The van der Waals surface area contributed by atoms with E-state index in [4.69, 9.17) is 6.85 Å². The molecule has 0 radical (unpaired) electrons. The van der Waals surface area contributed by atoms with Gasteiger partial charge < -0.3 is 4.57 Å². The van der Waals surface area contributed by atoms with Gasteiger partial charge in [-0.25, -0.2) is 0 Å². The van der Waals surface area contributed by atoms with E-state index in [0.717, 1.165) is 32.9 Å². The molecule has 11 aromatic carbocycles. The summed E-state index contributed by atoms with van der Waals surface area (Å²) in [7, 11) is -3.27. The highest BCUT2D eigenvalue weighted by atomic mass is 28.3. The third-order valence-corrected chi connectivity index (χ3v) is 20.0. The Kier molecular flexibility index (Phi) is 8.28. The molecule has 328 valence electrons. The number of rotatable bonds is 8. The molecule has 15 rings (SSSR count). The average molecular weight is 911 g/mol. The molecule has 0 saturated carbocycles. The largest absolute Gasteiger partial charge is 0.309 e. The molecule has 3 aliphatic carbocycles. The molecule has 1 nitrogen and oxygen atoms in total. The normalized spacial score (nSPS) is 15.6. The Hall–Kier alpha value is -8.56. The van der Waals surface area contributed by atoms with Crippen molar-refractivity contribution in [2.75, 3.05) is 0 Å². The van der Waals surface area contributed by atoms with E-state index in [-0.39, 0.29) is 41.7 Å². The van der Waals surface area contributed by atoms with Gasteiger partial charge in [0, 0.05) is 28.3 Å². The second-order valence-electron chi connectivity index (χ2n) is 18.7. The first kappa shape index (κ1) is 35.6. The van der Waals surface area contributed by atoms with Crippen molar-refractivity contribution >= 4 is 50.6 Å². The minimum atomic E-state index is -3.27. The molecule has 0 fully saturated rings. The van der Waals surface area contributed by atoms with Crippen LogP contribution >= 0.6 is 0 Å². The van der Waals surface area contributed by atoms with E-state index in [2.05, 4.69) is 224 Å². The Labute approximate surface area is 417 Å².